The lowest BCUT2D eigenvalue weighted by Crippen LogP contribution is -2.12. The molecule has 0 saturated heterocycles. The number of benzene rings is 3. The van der Waals surface area contributed by atoms with Crippen LogP contribution in [0.1, 0.15) is 0 Å². The van der Waals surface area contributed by atoms with Gasteiger partial charge in [-0.1, -0.05) is 35.3 Å². The normalized spacial score (nSPS) is 12.1. The maximum atomic E-state index is 6.47. The van der Waals surface area contributed by atoms with Crippen molar-refractivity contribution in [1.29, 1.82) is 0 Å². The van der Waals surface area contributed by atoms with Gasteiger partial charge in [0.2, 0.25) is 0 Å². The fourth-order valence-electron chi connectivity index (χ4n) is 5.35. The summed E-state index contributed by atoms with van der Waals surface area (Å²) in [4.78, 5) is 0. The number of hydrogen-bond acceptors (Lipinski definition) is 6. The van der Waals surface area contributed by atoms with E-state index in [0.29, 0.717) is 89.2 Å². The maximum absolute atomic E-state index is 6.47. The number of aromatic nitrogens is 2. The number of ether oxygens (including phenoxy) is 6. The zero-order valence-electron chi connectivity index (χ0n) is 24.2. The van der Waals surface area contributed by atoms with Crippen LogP contribution in [0.4, 0.5) is 0 Å². The van der Waals surface area contributed by atoms with Gasteiger partial charge in [-0.3, -0.25) is 0 Å². The van der Waals surface area contributed by atoms with Crippen LogP contribution in [-0.4, -0.2) is 89.4 Å². The lowest BCUT2D eigenvalue weighted by atomic mass is 10.1. The van der Waals surface area contributed by atoms with Crippen LogP contribution in [0.2, 0.25) is 10.0 Å². The van der Waals surface area contributed by atoms with E-state index in [9.17, 15) is 0 Å². The molecule has 0 atom stereocenters. The van der Waals surface area contributed by atoms with Gasteiger partial charge in [-0.05, 0) is 36.4 Å². The Labute approximate surface area is 255 Å². The molecule has 0 aliphatic heterocycles. The topological polar surface area (TPSA) is 65.2 Å². The molecule has 2 heterocycles. The van der Waals surface area contributed by atoms with E-state index in [-0.39, 0.29) is 0 Å². The average Bonchev–Trinajstić information content (AvgIpc) is 3.45. The van der Waals surface area contributed by atoms with Gasteiger partial charge in [-0.25, -0.2) is 0 Å². The predicted octanol–water partition coefficient (Wildman–Crippen LogP) is 6.57. The molecule has 226 valence electrons. The van der Waals surface area contributed by atoms with E-state index in [0.717, 1.165) is 32.8 Å². The highest BCUT2D eigenvalue weighted by Crippen LogP contribution is 2.38. The van der Waals surface area contributed by atoms with E-state index in [4.69, 9.17) is 51.6 Å². The summed E-state index contributed by atoms with van der Waals surface area (Å²) in [6.45, 7) is 6.91. The van der Waals surface area contributed by atoms with E-state index in [1.807, 2.05) is 24.3 Å². The first-order chi connectivity index (χ1) is 20.6. The minimum atomic E-state index is 0.529. The lowest BCUT2D eigenvalue weighted by Gasteiger charge is -2.10. The second-order valence-corrected chi connectivity index (χ2v) is 10.8. The molecule has 3 aromatic carbocycles. The van der Waals surface area contributed by atoms with Crippen molar-refractivity contribution in [1.82, 2.24) is 9.13 Å². The highest BCUT2D eigenvalue weighted by atomic mass is 35.5. The summed E-state index contributed by atoms with van der Waals surface area (Å²) >= 11 is 12.9. The van der Waals surface area contributed by atoms with E-state index in [2.05, 4.69) is 33.4 Å². The minimum absolute atomic E-state index is 0.529. The van der Waals surface area contributed by atoms with Crippen molar-refractivity contribution in [2.45, 2.75) is 13.1 Å². The third kappa shape index (κ3) is 7.21. The summed E-state index contributed by atoms with van der Waals surface area (Å²) in [5.41, 5.74) is 4.44. The lowest BCUT2D eigenvalue weighted by molar-refractivity contribution is 0.0234. The standard InChI is InChI=1S/C32H38Cl2N2O6/c1-37-11-13-41-17-15-39-9-7-35-29-19-23(33)3-5-25(29)27-22-32-28(21-31(27)35)26-6-4-24(34)20-30(26)36(32)8-10-40-16-18-42-14-12-38-2/h3-6,19-22H,7-18H2,1-2H3. The first-order valence-electron chi connectivity index (χ1n) is 14.2. The molecular formula is C32H38Cl2N2O6. The van der Waals surface area contributed by atoms with Gasteiger partial charge >= 0.3 is 0 Å². The van der Waals surface area contributed by atoms with Gasteiger partial charge in [0.25, 0.3) is 0 Å². The van der Waals surface area contributed by atoms with Gasteiger partial charge < -0.3 is 37.6 Å². The Morgan fingerprint density at radius 3 is 1.21 bits per heavy atom. The van der Waals surface area contributed by atoms with Crippen LogP contribution in [0.15, 0.2) is 48.5 Å². The molecule has 0 fully saturated rings. The van der Waals surface area contributed by atoms with Crippen LogP contribution >= 0.6 is 23.2 Å². The van der Waals surface area contributed by atoms with E-state index >= 15 is 0 Å². The van der Waals surface area contributed by atoms with Gasteiger partial charge in [0.05, 0.1) is 77.1 Å². The molecule has 5 rings (SSSR count). The van der Waals surface area contributed by atoms with Gasteiger partial charge in [0.15, 0.2) is 0 Å². The van der Waals surface area contributed by atoms with Crippen molar-refractivity contribution in [3.05, 3.63) is 58.6 Å². The Bertz CT molecular complexity index is 1500. The first-order valence-corrected chi connectivity index (χ1v) is 15.0. The second-order valence-electron chi connectivity index (χ2n) is 9.95. The van der Waals surface area contributed by atoms with Gasteiger partial charge in [-0.2, -0.15) is 0 Å². The molecule has 0 unspecified atom stereocenters. The number of halogens is 2. The molecule has 5 aromatic rings. The predicted molar refractivity (Wildman–Crippen MR) is 169 cm³/mol. The van der Waals surface area contributed by atoms with Gasteiger partial charge in [0, 0.05) is 69.9 Å². The molecule has 0 aliphatic carbocycles. The molecule has 42 heavy (non-hydrogen) atoms. The Balaban J connectivity index is 1.43. The summed E-state index contributed by atoms with van der Waals surface area (Å²) in [6.07, 6.45) is 0. The number of rotatable bonds is 18. The monoisotopic (exact) mass is 616 g/mol. The summed E-state index contributed by atoms with van der Waals surface area (Å²) < 4.78 is 37.5. The molecule has 2 aromatic heterocycles. The van der Waals surface area contributed by atoms with Crippen molar-refractivity contribution in [2.75, 3.05) is 80.3 Å². The number of fused-ring (bicyclic) bond motifs is 6. The van der Waals surface area contributed by atoms with Crippen molar-refractivity contribution < 1.29 is 28.4 Å². The van der Waals surface area contributed by atoms with Gasteiger partial charge in [-0.15, -0.1) is 0 Å². The zero-order valence-corrected chi connectivity index (χ0v) is 25.7. The summed E-state index contributed by atoms with van der Waals surface area (Å²) in [7, 11) is 3.33. The molecule has 0 amide bonds. The highest BCUT2D eigenvalue weighted by Gasteiger charge is 2.17. The van der Waals surface area contributed by atoms with E-state index < -0.39 is 0 Å². The van der Waals surface area contributed by atoms with Crippen molar-refractivity contribution in [2.24, 2.45) is 0 Å². The number of methoxy groups -OCH3 is 2. The number of hydrogen-bond donors (Lipinski definition) is 0. The molecule has 8 nitrogen and oxygen atoms in total. The molecule has 0 spiro atoms. The quantitative estimate of drug-likeness (QED) is 0.104. The largest absolute Gasteiger partial charge is 0.382 e. The number of nitrogens with zero attached hydrogens (tertiary/aromatic N) is 2. The van der Waals surface area contributed by atoms with Gasteiger partial charge in [0.1, 0.15) is 0 Å². The van der Waals surface area contributed by atoms with Crippen LogP contribution < -0.4 is 0 Å². The Hall–Kier alpha value is -2.40. The van der Waals surface area contributed by atoms with E-state index in [1.165, 1.54) is 10.8 Å². The summed E-state index contributed by atoms with van der Waals surface area (Å²) in [5.74, 6) is 0. The Morgan fingerprint density at radius 2 is 0.810 bits per heavy atom. The Morgan fingerprint density at radius 1 is 0.452 bits per heavy atom. The molecule has 0 aliphatic rings. The highest BCUT2D eigenvalue weighted by molar-refractivity contribution is 6.32. The SMILES string of the molecule is COCCOCCOCCn1c2cc(Cl)ccc2c2cc3c(cc21)c1ccc(Cl)cc1n3CCOCCOCCOC. The van der Waals surface area contributed by atoms with Crippen LogP contribution in [0.5, 0.6) is 0 Å². The van der Waals surface area contributed by atoms with Crippen molar-refractivity contribution in [3.63, 3.8) is 0 Å². The molecule has 0 N–H and O–H groups in total. The maximum Gasteiger partial charge on any atom is 0.0701 e. The molecule has 10 heteroatoms. The van der Waals surface area contributed by atoms with Crippen molar-refractivity contribution in [3.8, 4) is 0 Å². The van der Waals surface area contributed by atoms with E-state index in [1.54, 1.807) is 14.2 Å². The Kier molecular flexibility index (Phi) is 11.4. The molecule has 0 saturated carbocycles. The third-order valence-corrected chi connectivity index (χ3v) is 7.77. The van der Waals surface area contributed by atoms with Crippen LogP contribution in [0.3, 0.4) is 0 Å². The zero-order chi connectivity index (χ0) is 29.3. The van der Waals surface area contributed by atoms with Crippen LogP contribution in [0.25, 0.3) is 43.6 Å². The molecule has 0 bridgehead atoms. The first kappa shape index (κ1) is 31.0. The van der Waals surface area contributed by atoms with Crippen molar-refractivity contribution >= 4 is 66.8 Å². The minimum Gasteiger partial charge on any atom is -0.382 e. The third-order valence-electron chi connectivity index (χ3n) is 7.30. The molecular weight excluding hydrogens is 579 g/mol. The van der Waals surface area contributed by atoms with Crippen LogP contribution in [0, 0.1) is 0 Å². The van der Waals surface area contributed by atoms with Crippen LogP contribution in [-0.2, 0) is 41.5 Å². The average molecular weight is 618 g/mol. The smallest absolute Gasteiger partial charge is 0.0701 e. The second kappa shape index (κ2) is 15.4. The molecule has 0 radical (unpaired) electrons. The summed E-state index contributed by atoms with van der Waals surface area (Å²) in [6, 6.07) is 16.7. The fraction of sp³-hybridized carbons (Fsp3) is 0.438. The summed E-state index contributed by atoms with van der Waals surface area (Å²) in [5, 5.41) is 6.05. The fourth-order valence-corrected chi connectivity index (χ4v) is 5.68.